The van der Waals surface area contributed by atoms with Gasteiger partial charge >= 0.3 is 0 Å². The minimum atomic E-state index is 0.572. The summed E-state index contributed by atoms with van der Waals surface area (Å²) in [6.07, 6.45) is 3.18. The molecule has 2 aromatic rings. The highest BCUT2D eigenvalue weighted by Gasteiger charge is 2.04. The van der Waals surface area contributed by atoms with Crippen LogP contribution in [0.4, 0.5) is 5.69 Å². The van der Waals surface area contributed by atoms with E-state index in [4.69, 9.17) is 16.0 Å². The molecule has 0 saturated carbocycles. The Labute approximate surface area is 57.0 Å². The molecule has 0 aliphatic heterocycles. The first-order valence-electron chi connectivity index (χ1n) is 2.88. The Balaban J connectivity index is 2.98. The third kappa shape index (κ3) is 0.452. The molecule has 4 nitrogen and oxygen atoms in total. The fourth-order valence-corrected chi connectivity index (χ4v) is 0.998. The lowest BCUT2D eigenvalue weighted by Gasteiger charge is -1.90. The van der Waals surface area contributed by atoms with Gasteiger partial charge in [-0.3, -0.25) is 4.68 Å². The summed E-state index contributed by atoms with van der Waals surface area (Å²) < 4.78 is 6.48. The summed E-state index contributed by atoms with van der Waals surface area (Å²) in [4.78, 5) is 0. The zero-order valence-electron chi connectivity index (χ0n) is 5.24. The highest BCUT2D eigenvalue weighted by molar-refractivity contribution is 5.86. The molecule has 0 bridgehead atoms. The standard InChI is InChI=1S/C6H7N3O/c7-4-3-10-5-1-2-9(8)6(4)5/h1-3H,7-8H2. The van der Waals surface area contributed by atoms with Crippen LogP contribution in [0.2, 0.25) is 0 Å². The molecule has 0 unspecified atom stereocenters. The van der Waals surface area contributed by atoms with Crippen molar-refractivity contribution < 1.29 is 4.42 Å². The Hall–Kier alpha value is -1.58. The highest BCUT2D eigenvalue weighted by Crippen LogP contribution is 2.21. The lowest BCUT2D eigenvalue weighted by atomic mass is 10.4. The van der Waals surface area contributed by atoms with E-state index in [-0.39, 0.29) is 0 Å². The van der Waals surface area contributed by atoms with Gasteiger partial charge in [0.1, 0.15) is 11.8 Å². The van der Waals surface area contributed by atoms with Crippen molar-refractivity contribution in [1.29, 1.82) is 0 Å². The maximum atomic E-state index is 5.53. The van der Waals surface area contributed by atoms with E-state index in [2.05, 4.69) is 0 Å². The Bertz CT molecular complexity index is 328. The molecule has 4 N–H and O–H groups in total. The van der Waals surface area contributed by atoms with Crippen molar-refractivity contribution in [2.24, 2.45) is 0 Å². The van der Waals surface area contributed by atoms with Crippen LogP contribution < -0.4 is 11.6 Å². The van der Waals surface area contributed by atoms with E-state index in [9.17, 15) is 0 Å². The normalized spacial score (nSPS) is 10.8. The van der Waals surface area contributed by atoms with Crippen molar-refractivity contribution in [1.82, 2.24) is 4.68 Å². The van der Waals surface area contributed by atoms with Gasteiger partial charge in [-0.25, -0.2) is 0 Å². The van der Waals surface area contributed by atoms with Gasteiger partial charge in [0.25, 0.3) is 0 Å². The molecule has 52 valence electrons. The molecule has 0 fully saturated rings. The number of hydrogen-bond acceptors (Lipinski definition) is 3. The SMILES string of the molecule is Nc1coc2ccn(N)c12. The molecule has 0 saturated heterocycles. The molecule has 10 heavy (non-hydrogen) atoms. The number of nitrogen functional groups attached to an aromatic ring is 2. The Morgan fingerprint density at radius 2 is 2.30 bits per heavy atom. The Kier molecular flexibility index (Phi) is 0.768. The second kappa shape index (κ2) is 1.47. The van der Waals surface area contributed by atoms with Crippen LogP contribution in [0.25, 0.3) is 11.1 Å². The summed E-state index contributed by atoms with van der Waals surface area (Å²) in [5.41, 5.74) is 7.57. The van der Waals surface area contributed by atoms with Gasteiger partial charge < -0.3 is 16.0 Å². The number of anilines is 1. The van der Waals surface area contributed by atoms with Crippen LogP contribution in [0.5, 0.6) is 0 Å². The monoisotopic (exact) mass is 137 g/mol. The van der Waals surface area contributed by atoms with Crippen LogP contribution in [0.3, 0.4) is 0 Å². The molecular formula is C6H7N3O. The van der Waals surface area contributed by atoms with Crippen molar-refractivity contribution in [2.45, 2.75) is 0 Å². The summed E-state index contributed by atoms with van der Waals surface area (Å²) in [6.45, 7) is 0. The summed E-state index contributed by atoms with van der Waals surface area (Å²) in [5.74, 6) is 5.50. The summed E-state index contributed by atoms with van der Waals surface area (Å²) in [6, 6.07) is 1.77. The van der Waals surface area contributed by atoms with Crippen LogP contribution in [-0.4, -0.2) is 4.68 Å². The van der Waals surface area contributed by atoms with E-state index in [1.54, 1.807) is 12.3 Å². The number of nitrogens with zero attached hydrogens (tertiary/aromatic N) is 1. The first kappa shape index (κ1) is 5.22. The third-order valence-corrected chi connectivity index (χ3v) is 1.46. The molecule has 0 aromatic carbocycles. The molecule has 2 heterocycles. The first-order valence-corrected chi connectivity index (χ1v) is 2.88. The van der Waals surface area contributed by atoms with Crippen LogP contribution in [0.15, 0.2) is 22.9 Å². The molecule has 0 amide bonds. The van der Waals surface area contributed by atoms with E-state index in [1.165, 1.54) is 10.9 Å². The topological polar surface area (TPSA) is 70.1 Å². The Morgan fingerprint density at radius 1 is 1.50 bits per heavy atom. The number of nitrogens with two attached hydrogens (primary N) is 2. The maximum absolute atomic E-state index is 5.53. The summed E-state index contributed by atoms with van der Waals surface area (Å²) in [5, 5.41) is 0. The van der Waals surface area contributed by atoms with Crippen LogP contribution >= 0.6 is 0 Å². The minimum Gasteiger partial charge on any atom is -0.460 e. The average molecular weight is 137 g/mol. The second-order valence-corrected chi connectivity index (χ2v) is 2.13. The first-order chi connectivity index (χ1) is 4.79. The number of hydrogen-bond donors (Lipinski definition) is 2. The number of aromatic nitrogens is 1. The van der Waals surface area contributed by atoms with E-state index in [0.717, 1.165) is 11.1 Å². The van der Waals surface area contributed by atoms with E-state index < -0.39 is 0 Å². The molecule has 2 rings (SSSR count). The number of rotatable bonds is 0. The largest absolute Gasteiger partial charge is 0.460 e. The predicted octanol–water partition coefficient (Wildman–Crippen LogP) is 0.530. The third-order valence-electron chi connectivity index (χ3n) is 1.46. The van der Waals surface area contributed by atoms with Gasteiger partial charge in [-0.1, -0.05) is 0 Å². The van der Waals surface area contributed by atoms with E-state index in [0.29, 0.717) is 5.69 Å². The van der Waals surface area contributed by atoms with Gasteiger partial charge in [-0.15, -0.1) is 0 Å². The van der Waals surface area contributed by atoms with Gasteiger partial charge in [0, 0.05) is 12.3 Å². The molecule has 4 heteroatoms. The van der Waals surface area contributed by atoms with Gasteiger partial charge in [0.15, 0.2) is 5.58 Å². The van der Waals surface area contributed by atoms with Gasteiger partial charge in [-0.2, -0.15) is 0 Å². The van der Waals surface area contributed by atoms with Crippen molar-refractivity contribution in [3.8, 4) is 0 Å². The van der Waals surface area contributed by atoms with Crippen molar-refractivity contribution in [2.75, 3.05) is 11.6 Å². The van der Waals surface area contributed by atoms with Gasteiger partial charge in [0.05, 0.1) is 5.69 Å². The van der Waals surface area contributed by atoms with E-state index in [1.807, 2.05) is 0 Å². The minimum absolute atomic E-state index is 0.572. The van der Waals surface area contributed by atoms with Crippen LogP contribution in [0.1, 0.15) is 0 Å². The quantitative estimate of drug-likeness (QED) is 0.520. The number of furan rings is 1. The van der Waals surface area contributed by atoms with Gasteiger partial charge in [0.2, 0.25) is 0 Å². The molecule has 0 spiro atoms. The molecule has 0 aliphatic rings. The predicted molar refractivity (Wildman–Crippen MR) is 38.8 cm³/mol. The van der Waals surface area contributed by atoms with Crippen LogP contribution in [0, 0.1) is 0 Å². The van der Waals surface area contributed by atoms with Crippen molar-refractivity contribution in [3.05, 3.63) is 18.5 Å². The summed E-state index contributed by atoms with van der Waals surface area (Å²) in [7, 11) is 0. The van der Waals surface area contributed by atoms with Crippen LogP contribution in [-0.2, 0) is 0 Å². The Morgan fingerprint density at radius 3 is 3.00 bits per heavy atom. The lowest BCUT2D eigenvalue weighted by Crippen LogP contribution is -2.05. The molecular weight excluding hydrogens is 130 g/mol. The number of fused-ring (bicyclic) bond motifs is 1. The van der Waals surface area contributed by atoms with Crippen molar-refractivity contribution in [3.63, 3.8) is 0 Å². The fraction of sp³-hybridized carbons (Fsp3) is 0. The maximum Gasteiger partial charge on any atom is 0.155 e. The smallest absolute Gasteiger partial charge is 0.155 e. The van der Waals surface area contributed by atoms with Crippen molar-refractivity contribution >= 4 is 16.8 Å². The zero-order valence-corrected chi connectivity index (χ0v) is 5.24. The summed E-state index contributed by atoms with van der Waals surface area (Å²) >= 11 is 0. The molecule has 0 atom stereocenters. The molecule has 2 aromatic heterocycles. The molecule has 0 aliphatic carbocycles. The molecule has 0 radical (unpaired) electrons. The fourth-order valence-electron chi connectivity index (χ4n) is 0.998. The van der Waals surface area contributed by atoms with E-state index >= 15 is 0 Å². The second-order valence-electron chi connectivity index (χ2n) is 2.13. The lowest BCUT2D eigenvalue weighted by molar-refractivity contribution is 0.618. The average Bonchev–Trinajstić information content (AvgIpc) is 2.40. The zero-order chi connectivity index (χ0) is 7.14. The highest BCUT2D eigenvalue weighted by atomic mass is 16.3. The van der Waals surface area contributed by atoms with Gasteiger partial charge in [-0.05, 0) is 0 Å².